The fourth-order valence-electron chi connectivity index (χ4n) is 1.65. The van der Waals surface area contributed by atoms with Crippen LogP contribution in [0.1, 0.15) is 37.8 Å². The molecule has 1 rings (SSSR count). The van der Waals surface area contributed by atoms with Crippen LogP contribution in [-0.4, -0.2) is 12.3 Å². The lowest BCUT2D eigenvalue weighted by molar-refractivity contribution is 0.591. The molecule has 0 radical (unpaired) electrons. The van der Waals surface area contributed by atoms with Crippen molar-refractivity contribution in [2.45, 2.75) is 37.1 Å². The molecule has 0 heterocycles. The Morgan fingerprint density at radius 2 is 1.82 bits per heavy atom. The van der Waals surface area contributed by atoms with Crippen molar-refractivity contribution in [3.8, 4) is 0 Å². The molecule has 17 heavy (non-hydrogen) atoms. The van der Waals surface area contributed by atoms with Gasteiger partial charge in [0.05, 0.1) is 0 Å². The highest BCUT2D eigenvalue weighted by molar-refractivity contribution is 7.99. The molecule has 0 aromatic heterocycles. The minimum Gasteiger partial charge on any atom is -0.330 e. The quantitative estimate of drug-likeness (QED) is 0.592. The first-order valence-electron chi connectivity index (χ1n) is 5.96. The van der Waals surface area contributed by atoms with Gasteiger partial charge in [-0.1, -0.05) is 25.5 Å². The van der Waals surface area contributed by atoms with Gasteiger partial charge in [0.15, 0.2) is 0 Å². The SMILES string of the molecule is CCSc1ccc([C@H](N)CCCCN)cc1.Cl. The fourth-order valence-corrected chi connectivity index (χ4v) is 2.32. The number of hydrogen-bond acceptors (Lipinski definition) is 3. The van der Waals surface area contributed by atoms with Gasteiger partial charge in [-0.05, 0) is 42.8 Å². The van der Waals surface area contributed by atoms with Gasteiger partial charge < -0.3 is 11.5 Å². The molecule has 0 saturated heterocycles. The first kappa shape index (κ1) is 16.8. The largest absolute Gasteiger partial charge is 0.330 e. The van der Waals surface area contributed by atoms with E-state index >= 15 is 0 Å². The molecule has 1 aromatic rings. The van der Waals surface area contributed by atoms with E-state index in [0.717, 1.165) is 31.6 Å². The van der Waals surface area contributed by atoms with Gasteiger partial charge in [0.1, 0.15) is 0 Å². The fraction of sp³-hybridized carbons (Fsp3) is 0.538. The van der Waals surface area contributed by atoms with Crippen LogP contribution in [0.15, 0.2) is 29.2 Å². The van der Waals surface area contributed by atoms with E-state index < -0.39 is 0 Å². The highest BCUT2D eigenvalue weighted by Crippen LogP contribution is 2.22. The molecule has 0 fully saturated rings. The van der Waals surface area contributed by atoms with Gasteiger partial charge in [0.2, 0.25) is 0 Å². The van der Waals surface area contributed by atoms with E-state index in [9.17, 15) is 0 Å². The third-order valence-corrected chi connectivity index (χ3v) is 3.48. The van der Waals surface area contributed by atoms with Crippen molar-refractivity contribution in [2.75, 3.05) is 12.3 Å². The highest BCUT2D eigenvalue weighted by Gasteiger charge is 2.05. The van der Waals surface area contributed by atoms with Gasteiger partial charge in [-0.25, -0.2) is 0 Å². The normalized spacial score (nSPS) is 11.9. The molecule has 0 aliphatic heterocycles. The van der Waals surface area contributed by atoms with Crippen molar-refractivity contribution >= 4 is 24.2 Å². The van der Waals surface area contributed by atoms with E-state index in [-0.39, 0.29) is 18.4 Å². The summed E-state index contributed by atoms with van der Waals surface area (Å²) in [5, 5.41) is 0. The van der Waals surface area contributed by atoms with Gasteiger partial charge in [-0.2, -0.15) is 0 Å². The Morgan fingerprint density at radius 1 is 1.18 bits per heavy atom. The average Bonchev–Trinajstić information content (AvgIpc) is 2.30. The molecule has 0 aliphatic carbocycles. The molecular formula is C13H23ClN2S. The maximum atomic E-state index is 6.11. The number of benzene rings is 1. The lowest BCUT2D eigenvalue weighted by Gasteiger charge is -2.12. The molecule has 4 heteroatoms. The molecule has 1 atom stereocenters. The predicted octanol–water partition coefficient (Wildman–Crippen LogP) is 3.35. The second kappa shape index (κ2) is 9.77. The predicted molar refractivity (Wildman–Crippen MR) is 79.9 cm³/mol. The number of nitrogens with two attached hydrogens (primary N) is 2. The van der Waals surface area contributed by atoms with E-state index in [1.165, 1.54) is 10.5 Å². The van der Waals surface area contributed by atoms with Crippen molar-refractivity contribution < 1.29 is 0 Å². The van der Waals surface area contributed by atoms with Crippen LogP contribution in [0.2, 0.25) is 0 Å². The number of unbranched alkanes of at least 4 members (excludes halogenated alkanes) is 1. The number of hydrogen-bond donors (Lipinski definition) is 2. The number of halogens is 1. The molecule has 4 N–H and O–H groups in total. The Labute approximate surface area is 115 Å². The van der Waals surface area contributed by atoms with Crippen molar-refractivity contribution in [3.63, 3.8) is 0 Å². The standard InChI is InChI=1S/C13H22N2S.ClH/c1-2-16-12-8-6-11(7-9-12)13(15)5-3-4-10-14;/h6-9,13H,2-5,10,14-15H2,1H3;1H/t13-;/m1./s1. The van der Waals surface area contributed by atoms with Gasteiger partial charge >= 0.3 is 0 Å². The minimum atomic E-state index is 0. The Balaban J connectivity index is 0.00000256. The third-order valence-electron chi connectivity index (χ3n) is 2.59. The van der Waals surface area contributed by atoms with Gasteiger partial charge in [0, 0.05) is 10.9 Å². The van der Waals surface area contributed by atoms with Crippen molar-refractivity contribution in [2.24, 2.45) is 11.5 Å². The summed E-state index contributed by atoms with van der Waals surface area (Å²) in [6.45, 7) is 2.93. The number of thioether (sulfide) groups is 1. The van der Waals surface area contributed by atoms with Gasteiger partial charge in [-0.3, -0.25) is 0 Å². The minimum absolute atomic E-state index is 0. The second-order valence-electron chi connectivity index (χ2n) is 3.89. The maximum absolute atomic E-state index is 6.11. The average molecular weight is 275 g/mol. The second-order valence-corrected chi connectivity index (χ2v) is 5.23. The lowest BCUT2D eigenvalue weighted by atomic mass is 10.0. The number of rotatable bonds is 7. The summed E-state index contributed by atoms with van der Waals surface area (Å²) >= 11 is 1.86. The summed E-state index contributed by atoms with van der Waals surface area (Å²) in [5.74, 6) is 1.11. The van der Waals surface area contributed by atoms with E-state index in [4.69, 9.17) is 11.5 Å². The first-order valence-corrected chi connectivity index (χ1v) is 6.95. The highest BCUT2D eigenvalue weighted by atomic mass is 35.5. The molecule has 98 valence electrons. The van der Waals surface area contributed by atoms with Gasteiger partial charge in [-0.15, -0.1) is 24.2 Å². The zero-order valence-electron chi connectivity index (χ0n) is 10.4. The van der Waals surface area contributed by atoms with Crippen LogP contribution < -0.4 is 11.5 Å². The zero-order valence-corrected chi connectivity index (χ0v) is 12.0. The summed E-state index contributed by atoms with van der Waals surface area (Å²) in [4.78, 5) is 1.32. The van der Waals surface area contributed by atoms with Crippen molar-refractivity contribution in [1.29, 1.82) is 0 Å². The molecule has 0 aliphatic rings. The Bertz CT molecular complexity index is 290. The van der Waals surface area contributed by atoms with Crippen LogP contribution in [0.4, 0.5) is 0 Å². The Hall–Kier alpha value is -0.220. The third kappa shape index (κ3) is 6.32. The Kier molecular flexibility index (Phi) is 9.65. The maximum Gasteiger partial charge on any atom is 0.0294 e. The molecule has 1 aromatic carbocycles. The first-order chi connectivity index (χ1) is 7.77. The monoisotopic (exact) mass is 274 g/mol. The van der Waals surface area contributed by atoms with Crippen LogP contribution >= 0.6 is 24.2 Å². The van der Waals surface area contributed by atoms with Crippen molar-refractivity contribution in [3.05, 3.63) is 29.8 Å². The van der Waals surface area contributed by atoms with E-state index in [1.54, 1.807) is 0 Å². The van der Waals surface area contributed by atoms with E-state index in [2.05, 4.69) is 31.2 Å². The van der Waals surface area contributed by atoms with Crippen LogP contribution in [-0.2, 0) is 0 Å². The van der Waals surface area contributed by atoms with Gasteiger partial charge in [0.25, 0.3) is 0 Å². The van der Waals surface area contributed by atoms with Crippen molar-refractivity contribution in [1.82, 2.24) is 0 Å². The summed E-state index contributed by atoms with van der Waals surface area (Å²) in [6, 6.07) is 8.77. The molecule has 0 spiro atoms. The molecule has 0 unspecified atom stereocenters. The summed E-state index contributed by atoms with van der Waals surface area (Å²) in [6.07, 6.45) is 3.21. The molecule has 0 amide bonds. The topological polar surface area (TPSA) is 52.0 Å². The molecule has 0 saturated carbocycles. The van der Waals surface area contributed by atoms with Crippen LogP contribution in [0.25, 0.3) is 0 Å². The van der Waals surface area contributed by atoms with E-state index in [0.29, 0.717) is 0 Å². The smallest absolute Gasteiger partial charge is 0.0294 e. The molecular weight excluding hydrogens is 252 g/mol. The summed E-state index contributed by atoms with van der Waals surface area (Å²) in [5.41, 5.74) is 12.8. The van der Waals surface area contributed by atoms with Crippen LogP contribution in [0, 0.1) is 0 Å². The Morgan fingerprint density at radius 3 is 2.35 bits per heavy atom. The lowest BCUT2D eigenvalue weighted by Crippen LogP contribution is -2.10. The van der Waals surface area contributed by atoms with Crippen LogP contribution in [0.3, 0.4) is 0 Å². The van der Waals surface area contributed by atoms with E-state index in [1.807, 2.05) is 11.8 Å². The summed E-state index contributed by atoms with van der Waals surface area (Å²) < 4.78 is 0. The zero-order chi connectivity index (χ0) is 11.8. The summed E-state index contributed by atoms with van der Waals surface area (Å²) in [7, 11) is 0. The molecule has 0 bridgehead atoms. The molecule has 2 nitrogen and oxygen atoms in total. The van der Waals surface area contributed by atoms with Crippen LogP contribution in [0.5, 0.6) is 0 Å².